The molecule has 0 saturated heterocycles. The SMILES string of the molecule is COc1ccc(OC)c(C2c3cccn3-c3ccccc3N2C(=O)CN(C(=O)Nc2ccccc2Br)C2CC2)c1. The van der Waals surface area contributed by atoms with Crippen LogP contribution < -0.4 is 19.7 Å². The zero-order chi connectivity index (χ0) is 27.8. The maximum absolute atomic E-state index is 14.4. The number of carbonyl (C=O) groups excluding carboxylic acids is 2. The highest BCUT2D eigenvalue weighted by molar-refractivity contribution is 9.10. The van der Waals surface area contributed by atoms with Gasteiger partial charge in [-0.1, -0.05) is 24.3 Å². The van der Waals surface area contributed by atoms with Gasteiger partial charge in [0.05, 0.1) is 37.0 Å². The molecule has 2 aliphatic rings. The molecule has 1 aromatic heterocycles. The number of para-hydroxylation sites is 3. The summed E-state index contributed by atoms with van der Waals surface area (Å²) in [5.41, 5.74) is 4.01. The fourth-order valence-electron chi connectivity index (χ4n) is 5.33. The molecule has 4 aromatic rings. The summed E-state index contributed by atoms with van der Waals surface area (Å²) in [5.74, 6) is 1.11. The second-order valence-corrected chi connectivity index (χ2v) is 10.7. The van der Waals surface area contributed by atoms with E-state index in [4.69, 9.17) is 9.47 Å². The lowest BCUT2D eigenvalue weighted by atomic mass is 9.96. The van der Waals surface area contributed by atoms with Gasteiger partial charge in [0.2, 0.25) is 5.91 Å². The molecule has 204 valence electrons. The number of hydrogen-bond acceptors (Lipinski definition) is 4. The first-order valence-corrected chi connectivity index (χ1v) is 13.9. The van der Waals surface area contributed by atoms with Crippen molar-refractivity contribution in [2.75, 3.05) is 31.0 Å². The molecule has 0 bridgehead atoms. The van der Waals surface area contributed by atoms with Crippen LogP contribution in [0.15, 0.2) is 89.5 Å². The van der Waals surface area contributed by atoms with Crippen molar-refractivity contribution in [3.63, 3.8) is 0 Å². The highest BCUT2D eigenvalue weighted by atomic mass is 79.9. The third-order valence-corrected chi connectivity index (χ3v) is 8.08. The molecule has 1 aliphatic heterocycles. The van der Waals surface area contributed by atoms with Gasteiger partial charge >= 0.3 is 6.03 Å². The van der Waals surface area contributed by atoms with Gasteiger partial charge < -0.3 is 24.3 Å². The van der Waals surface area contributed by atoms with Gasteiger partial charge in [-0.05, 0) is 83.4 Å². The molecule has 40 heavy (non-hydrogen) atoms. The Morgan fingerprint density at radius 1 is 0.950 bits per heavy atom. The van der Waals surface area contributed by atoms with Crippen LogP contribution in [-0.4, -0.2) is 48.2 Å². The summed E-state index contributed by atoms with van der Waals surface area (Å²) < 4.78 is 14.2. The number of rotatable bonds is 7. The van der Waals surface area contributed by atoms with Crippen molar-refractivity contribution in [2.45, 2.75) is 24.9 Å². The molecular weight excluding hydrogens is 572 g/mol. The number of urea groups is 1. The summed E-state index contributed by atoms with van der Waals surface area (Å²) in [6.07, 6.45) is 3.73. The zero-order valence-corrected chi connectivity index (χ0v) is 23.8. The highest BCUT2D eigenvalue weighted by Gasteiger charge is 2.41. The number of nitrogens with one attached hydrogen (secondary N) is 1. The number of carbonyl (C=O) groups is 2. The van der Waals surface area contributed by atoms with Crippen molar-refractivity contribution < 1.29 is 19.1 Å². The molecule has 1 N–H and O–H groups in total. The summed E-state index contributed by atoms with van der Waals surface area (Å²) in [5, 5.41) is 2.98. The maximum Gasteiger partial charge on any atom is 0.322 e. The van der Waals surface area contributed by atoms with E-state index in [1.54, 1.807) is 24.0 Å². The summed E-state index contributed by atoms with van der Waals surface area (Å²) in [7, 11) is 3.23. The van der Waals surface area contributed by atoms with Crippen LogP contribution in [0.5, 0.6) is 11.5 Å². The molecule has 0 radical (unpaired) electrons. The van der Waals surface area contributed by atoms with Gasteiger partial charge in [-0.3, -0.25) is 9.69 Å². The van der Waals surface area contributed by atoms with Gasteiger partial charge in [0.1, 0.15) is 24.1 Å². The predicted octanol–water partition coefficient (Wildman–Crippen LogP) is 6.39. The van der Waals surface area contributed by atoms with Crippen molar-refractivity contribution in [3.8, 4) is 17.2 Å². The van der Waals surface area contributed by atoms with E-state index >= 15 is 0 Å². The quantitative estimate of drug-likeness (QED) is 0.267. The van der Waals surface area contributed by atoms with E-state index in [1.165, 1.54) is 0 Å². The van der Waals surface area contributed by atoms with E-state index in [0.29, 0.717) is 17.2 Å². The lowest BCUT2D eigenvalue weighted by molar-refractivity contribution is -0.119. The van der Waals surface area contributed by atoms with E-state index < -0.39 is 6.04 Å². The Bertz CT molecular complexity index is 1580. The molecule has 1 saturated carbocycles. The smallest absolute Gasteiger partial charge is 0.322 e. The predicted molar refractivity (Wildman–Crippen MR) is 158 cm³/mol. The Morgan fingerprint density at radius 3 is 2.42 bits per heavy atom. The van der Waals surface area contributed by atoms with Crippen molar-refractivity contribution in [3.05, 3.63) is 101 Å². The van der Waals surface area contributed by atoms with Gasteiger partial charge in [0, 0.05) is 22.3 Å². The summed E-state index contributed by atoms with van der Waals surface area (Å²) in [6, 6.07) is 24.1. The van der Waals surface area contributed by atoms with E-state index in [-0.39, 0.29) is 24.5 Å². The molecule has 0 spiro atoms. The van der Waals surface area contributed by atoms with Crippen molar-refractivity contribution in [2.24, 2.45) is 0 Å². The van der Waals surface area contributed by atoms with Gasteiger partial charge in [0.15, 0.2) is 0 Å². The van der Waals surface area contributed by atoms with Crippen LogP contribution in [0.1, 0.15) is 30.1 Å². The molecule has 8 nitrogen and oxygen atoms in total. The van der Waals surface area contributed by atoms with Gasteiger partial charge in [-0.25, -0.2) is 4.79 Å². The van der Waals surface area contributed by atoms with Crippen LogP contribution in [0.25, 0.3) is 5.69 Å². The Morgan fingerprint density at radius 2 is 1.70 bits per heavy atom. The normalized spacial score (nSPS) is 15.6. The van der Waals surface area contributed by atoms with Gasteiger partial charge in [0.25, 0.3) is 0 Å². The minimum Gasteiger partial charge on any atom is -0.497 e. The number of amides is 3. The number of methoxy groups -OCH3 is 2. The van der Waals surface area contributed by atoms with E-state index in [9.17, 15) is 9.59 Å². The molecule has 3 amide bonds. The first-order valence-electron chi connectivity index (χ1n) is 13.1. The van der Waals surface area contributed by atoms with E-state index in [2.05, 4.69) is 25.8 Å². The second-order valence-electron chi connectivity index (χ2n) is 9.84. The molecule has 1 atom stereocenters. The molecule has 2 heterocycles. The second kappa shape index (κ2) is 10.7. The third kappa shape index (κ3) is 4.70. The molecule has 9 heteroatoms. The van der Waals surface area contributed by atoms with Crippen molar-refractivity contribution >= 4 is 39.2 Å². The fourth-order valence-corrected chi connectivity index (χ4v) is 5.72. The lowest BCUT2D eigenvalue weighted by Crippen LogP contribution is -2.48. The lowest BCUT2D eigenvalue weighted by Gasteiger charge is -2.40. The number of fused-ring (bicyclic) bond motifs is 3. The Kier molecular flexibility index (Phi) is 6.98. The van der Waals surface area contributed by atoms with Crippen molar-refractivity contribution in [1.82, 2.24) is 9.47 Å². The highest BCUT2D eigenvalue weighted by Crippen LogP contribution is 2.45. The average Bonchev–Trinajstić information content (AvgIpc) is 3.70. The number of anilines is 2. The number of nitrogens with zero attached hydrogens (tertiary/aromatic N) is 3. The Hall–Kier alpha value is -4.24. The standard InChI is InChI=1S/C31H29BrN4O4/c1-39-21-15-16-28(40-2)22(18-21)30-27-12-7-17-34(27)25-10-5-6-11-26(25)36(30)29(37)19-35(20-13-14-20)31(38)33-24-9-4-3-8-23(24)32/h3-12,15-18,20,30H,13-14,19H2,1-2H3,(H,33,38). The summed E-state index contributed by atoms with van der Waals surface area (Å²) in [6.45, 7) is -0.0707. The van der Waals surface area contributed by atoms with E-state index in [1.807, 2.05) is 85.1 Å². The number of halogens is 1. The minimum atomic E-state index is -0.505. The van der Waals surface area contributed by atoms with E-state index in [0.717, 1.165) is 39.9 Å². The molecule has 6 rings (SSSR count). The van der Waals surface area contributed by atoms with Gasteiger partial charge in [-0.15, -0.1) is 0 Å². The third-order valence-electron chi connectivity index (χ3n) is 7.39. The largest absolute Gasteiger partial charge is 0.497 e. The molecule has 1 fully saturated rings. The van der Waals surface area contributed by atoms with Crippen LogP contribution >= 0.6 is 15.9 Å². The van der Waals surface area contributed by atoms with Gasteiger partial charge in [-0.2, -0.15) is 0 Å². The average molecular weight is 602 g/mol. The summed E-state index contributed by atoms with van der Waals surface area (Å²) >= 11 is 3.50. The number of hydrogen-bond donors (Lipinski definition) is 1. The van der Waals surface area contributed by atoms with Crippen LogP contribution in [0, 0.1) is 0 Å². The number of ether oxygens (including phenoxy) is 2. The summed E-state index contributed by atoms with van der Waals surface area (Å²) in [4.78, 5) is 31.3. The molecule has 3 aromatic carbocycles. The number of aromatic nitrogens is 1. The zero-order valence-electron chi connectivity index (χ0n) is 22.2. The van der Waals surface area contributed by atoms with Crippen molar-refractivity contribution in [1.29, 1.82) is 0 Å². The first kappa shape index (κ1) is 26.0. The van der Waals surface area contributed by atoms with Crippen LogP contribution in [-0.2, 0) is 4.79 Å². The van der Waals surface area contributed by atoms with Crippen LogP contribution in [0.4, 0.5) is 16.2 Å². The Balaban J connectivity index is 1.41. The molecule has 1 aliphatic carbocycles. The monoisotopic (exact) mass is 600 g/mol. The topological polar surface area (TPSA) is 76.0 Å². The Labute approximate surface area is 241 Å². The number of benzene rings is 3. The first-order chi connectivity index (χ1) is 19.5. The van der Waals surface area contributed by atoms with Crippen LogP contribution in [0.2, 0.25) is 0 Å². The maximum atomic E-state index is 14.4. The molecule has 1 unspecified atom stereocenters. The minimum absolute atomic E-state index is 0.0140. The molecular formula is C31H29BrN4O4. The van der Waals surface area contributed by atoms with Crippen LogP contribution in [0.3, 0.4) is 0 Å². The fraction of sp³-hybridized carbons (Fsp3) is 0.226.